The molecule has 0 bridgehead atoms. The van der Waals surface area contributed by atoms with Crippen molar-refractivity contribution in [3.63, 3.8) is 0 Å². The number of nitrogens with two attached hydrogens (primary N) is 1. The molecule has 0 unspecified atom stereocenters. The van der Waals surface area contributed by atoms with Crippen LogP contribution in [0.15, 0.2) is 42.6 Å². The number of aryl methyl sites for hydroxylation is 1. The molecule has 4 nitrogen and oxygen atoms in total. The number of anilines is 2. The molecule has 0 spiro atoms. The van der Waals surface area contributed by atoms with Crippen molar-refractivity contribution in [1.82, 2.24) is 4.98 Å². The fourth-order valence-corrected chi connectivity index (χ4v) is 2.00. The lowest BCUT2D eigenvalue weighted by molar-refractivity contribution is 0.341. The largest absolute Gasteiger partial charge is 0.490 e. The van der Waals surface area contributed by atoms with Gasteiger partial charge in [-0.2, -0.15) is 0 Å². The van der Waals surface area contributed by atoms with Gasteiger partial charge in [0.2, 0.25) is 0 Å². The van der Waals surface area contributed by atoms with Crippen LogP contribution in [0.25, 0.3) is 0 Å². The molecule has 1 heterocycles. The maximum Gasteiger partial charge on any atom is 0.173 e. The van der Waals surface area contributed by atoms with Gasteiger partial charge >= 0.3 is 0 Å². The van der Waals surface area contributed by atoms with Gasteiger partial charge in [0.15, 0.2) is 11.6 Å². The minimum Gasteiger partial charge on any atom is -0.490 e. The highest BCUT2D eigenvalue weighted by molar-refractivity contribution is 5.62. The van der Waals surface area contributed by atoms with E-state index in [1.54, 1.807) is 6.20 Å². The smallest absolute Gasteiger partial charge is 0.173 e. The van der Waals surface area contributed by atoms with Gasteiger partial charge in [0.1, 0.15) is 0 Å². The van der Waals surface area contributed by atoms with E-state index in [4.69, 9.17) is 10.5 Å². The summed E-state index contributed by atoms with van der Waals surface area (Å²) >= 11 is 0. The third-order valence-electron chi connectivity index (χ3n) is 2.93. The molecule has 2 rings (SSSR count). The first-order valence-corrected chi connectivity index (χ1v) is 6.97. The fourth-order valence-electron chi connectivity index (χ4n) is 2.00. The molecule has 0 saturated carbocycles. The Morgan fingerprint density at radius 2 is 2.15 bits per heavy atom. The molecule has 0 aliphatic rings. The fraction of sp³-hybridized carbons (Fsp3) is 0.312. The van der Waals surface area contributed by atoms with Crippen molar-refractivity contribution in [3.05, 3.63) is 48.2 Å². The Kier molecular flexibility index (Phi) is 5.38. The van der Waals surface area contributed by atoms with E-state index < -0.39 is 0 Å². The van der Waals surface area contributed by atoms with Crippen LogP contribution in [0.2, 0.25) is 0 Å². The number of aromatic nitrogens is 1. The molecular formula is C16H21N3O. The molecule has 1 aromatic heterocycles. The minimum atomic E-state index is 0.622. The van der Waals surface area contributed by atoms with E-state index >= 15 is 0 Å². The van der Waals surface area contributed by atoms with Crippen LogP contribution in [0.1, 0.15) is 18.9 Å². The summed E-state index contributed by atoms with van der Waals surface area (Å²) in [7, 11) is 0. The van der Waals surface area contributed by atoms with Crippen LogP contribution in [-0.2, 0) is 6.42 Å². The zero-order chi connectivity index (χ0) is 14.2. The highest BCUT2D eigenvalue weighted by Crippen LogP contribution is 2.25. The first-order chi connectivity index (χ1) is 9.83. The number of rotatable bonds is 7. The van der Waals surface area contributed by atoms with Gasteiger partial charge in [-0.05, 0) is 56.1 Å². The maximum atomic E-state index is 5.56. The first kappa shape index (κ1) is 14.3. The van der Waals surface area contributed by atoms with Gasteiger partial charge in [-0.15, -0.1) is 0 Å². The quantitative estimate of drug-likeness (QED) is 0.812. The molecular weight excluding hydrogens is 250 g/mol. The van der Waals surface area contributed by atoms with Gasteiger partial charge in [0.25, 0.3) is 0 Å². The lowest BCUT2D eigenvalue weighted by atomic mass is 10.1. The van der Waals surface area contributed by atoms with Crippen LogP contribution >= 0.6 is 0 Å². The second-order valence-electron chi connectivity index (χ2n) is 4.50. The van der Waals surface area contributed by atoms with Crippen molar-refractivity contribution in [1.29, 1.82) is 0 Å². The van der Waals surface area contributed by atoms with Crippen LogP contribution in [0.3, 0.4) is 0 Å². The topological polar surface area (TPSA) is 60.2 Å². The second kappa shape index (κ2) is 7.50. The van der Waals surface area contributed by atoms with E-state index in [0.29, 0.717) is 13.2 Å². The molecule has 106 valence electrons. The molecule has 0 atom stereocenters. The predicted octanol–water partition coefficient (Wildman–Crippen LogP) is 3.12. The molecule has 1 aromatic carbocycles. The van der Waals surface area contributed by atoms with Crippen molar-refractivity contribution in [2.24, 2.45) is 5.73 Å². The molecule has 20 heavy (non-hydrogen) atoms. The molecule has 0 amide bonds. The van der Waals surface area contributed by atoms with E-state index in [0.717, 1.165) is 30.1 Å². The van der Waals surface area contributed by atoms with Gasteiger partial charge < -0.3 is 15.8 Å². The number of nitrogens with zero attached hydrogens (tertiary/aromatic N) is 1. The van der Waals surface area contributed by atoms with Crippen molar-refractivity contribution in [2.75, 3.05) is 18.5 Å². The lowest BCUT2D eigenvalue weighted by Crippen LogP contribution is -2.02. The number of hydrogen-bond donors (Lipinski definition) is 2. The average Bonchev–Trinajstić information content (AvgIpc) is 2.48. The van der Waals surface area contributed by atoms with Gasteiger partial charge in [-0.3, -0.25) is 0 Å². The second-order valence-corrected chi connectivity index (χ2v) is 4.50. The zero-order valence-electron chi connectivity index (χ0n) is 11.8. The predicted molar refractivity (Wildman–Crippen MR) is 82.5 cm³/mol. The first-order valence-electron chi connectivity index (χ1n) is 6.97. The molecule has 0 aliphatic heterocycles. The van der Waals surface area contributed by atoms with Crippen molar-refractivity contribution < 1.29 is 4.74 Å². The lowest BCUT2D eigenvalue weighted by Gasteiger charge is -2.11. The van der Waals surface area contributed by atoms with Crippen LogP contribution in [0.5, 0.6) is 5.75 Å². The average molecular weight is 271 g/mol. The SMILES string of the molecule is CCOc1cccnc1Nc1cccc(CCCN)c1. The molecule has 0 radical (unpaired) electrons. The molecule has 3 N–H and O–H groups in total. The monoisotopic (exact) mass is 271 g/mol. The molecule has 0 fully saturated rings. The van der Waals surface area contributed by atoms with Crippen LogP contribution in [0, 0.1) is 0 Å². The third-order valence-corrected chi connectivity index (χ3v) is 2.93. The van der Waals surface area contributed by atoms with Gasteiger partial charge in [0, 0.05) is 11.9 Å². The van der Waals surface area contributed by atoms with Gasteiger partial charge in [0.05, 0.1) is 6.61 Å². The summed E-state index contributed by atoms with van der Waals surface area (Å²) in [6.07, 6.45) is 3.74. The van der Waals surface area contributed by atoms with Crippen molar-refractivity contribution >= 4 is 11.5 Å². The summed E-state index contributed by atoms with van der Waals surface area (Å²) in [6, 6.07) is 12.1. The Hall–Kier alpha value is -2.07. The number of nitrogens with one attached hydrogen (secondary N) is 1. The molecule has 4 heteroatoms. The minimum absolute atomic E-state index is 0.622. The summed E-state index contributed by atoms with van der Waals surface area (Å²) in [5, 5.41) is 3.31. The normalized spacial score (nSPS) is 10.3. The highest BCUT2D eigenvalue weighted by Gasteiger charge is 2.04. The summed E-state index contributed by atoms with van der Waals surface area (Å²) in [5.74, 6) is 1.51. The molecule has 0 saturated heterocycles. The van der Waals surface area contributed by atoms with E-state index in [-0.39, 0.29) is 0 Å². The summed E-state index contributed by atoms with van der Waals surface area (Å²) < 4.78 is 5.56. The van der Waals surface area contributed by atoms with Gasteiger partial charge in [-0.1, -0.05) is 12.1 Å². The van der Waals surface area contributed by atoms with E-state index in [9.17, 15) is 0 Å². The standard InChI is InChI=1S/C16H21N3O/c1-2-20-15-9-5-11-18-16(15)19-14-8-3-6-13(12-14)7-4-10-17/h3,5-6,8-9,11-12H,2,4,7,10,17H2,1H3,(H,18,19). The Morgan fingerprint density at radius 3 is 2.95 bits per heavy atom. The Bertz CT molecular complexity index is 543. The number of pyridine rings is 1. The van der Waals surface area contributed by atoms with Gasteiger partial charge in [-0.25, -0.2) is 4.98 Å². The van der Waals surface area contributed by atoms with E-state index in [2.05, 4.69) is 22.4 Å². The zero-order valence-corrected chi connectivity index (χ0v) is 11.8. The summed E-state index contributed by atoms with van der Waals surface area (Å²) in [6.45, 7) is 3.30. The van der Waals surface area contributed by atoms with Crippen LogP contribution in [0.4, 0.5) is 11.5 Å². The molecule has 2 aromatic rings. The Labute approximate surface area is 120 Å². The van der Waals surface area contributed by atoms with Crippen LogP contribution < -0.4 is 15.8 Å². The number of ether oxygens (including phenoxy) is 1. The Balaban J connectivity index is 2.13. The highest BCUT2D eigenvalue weighted by atomic mass is 16.5. The number of benzene rings is 1. The summed E-state index contributed by atoms with van der Waals surface area (Å²) in [4.78, 5) is 4.33. The number of hydrogen-bond acceptors (Lipinski definition) is 4. The van der Waals surface area contributed by atoms with Crippen molar-refractivity contribution in [3.8, 4) is 5.75 Å². The Morgan fingerprint density at radius 1 is 1.25 bits per heavy atom. The van der Waals surface area contributed by atoms with Crippen molar-refractivity contribution in [2.45, 2.75) is 19.8 Å². The third kappa shape index (κ3) is 3.96. The maximum absolute atomic E-state index is 5.56. The molecule has 0 aliphatic carbocycles. The van der Waals surface area contributed by atoms with Crippen LogP contribution in [-0.4, -0.2) is 18.1 Å². The summed E-state index contributed by atoms with van der Waals surface area (Å²) in [5.41, 5.74) is 7.83. The van der Waals surface area contributed by atoms with E-state index in [1.165, 1.54) is 5.56 Å². The van der Waals surface area contributed by atoms with E-state index in [1.807, 2.05) is 31.2 Å².